The molecule has 6 nitrogen and oxygen atoms in total. The van der Waals surface area contributed by atoms with Gasteiger partial charge in [0.2, 0.25) is 11.8 Å². The van der Waals surface area contributed by atoms with Crippen LogP contribution in [0.25, 0.3) is 0 Å². The first-order valence-electron chi connectivity index (χ1n) is 8.52. The Labute approximate surface area is 152 Å². The minimum Gasteiger partial charge on any atom is -0.481 e. The van der Waals surface area contributed by atoms with Crippen LogP contribution in [0, 0.1) is 13.8 Å². The Morgan fingerprint density at radius 2 is 2.00 bits per heavy atom. The first-order valence-corrected chi connectivity index (χ1v) is 9.40. The number of thiophene rings is 1. The third-order valence-corrected chi connectivity index (χ3v) is 5.58. The van der Waals surface area contributed by atoms with Gasteiger partial charge in [-0.3, -0.25) is 4.79 Å². The number of aryl methyl sites for hydroxylation is 3. The normalized spacial score (nSPS) is 14.7. The van der Waals surface area contributed by atoms with Gasteiger partial charge in [0, 0.05) is 43.5 Å². The maximum absolute atomic E-state index is 12.5. The summed E-state index contributed by atoms with van der Waals surface area (Å²) >= 11 is 1.74. The van der Waals surface area contributed by atoms with Gasteiger partial charge in [-0.25, -0.2) is 4.98 Å². The van der Waals surface area contributed by atoms with E-state index >= 15 is 0 Å². The molecular formula is C18H24N4O2S. The van der Waals surface area contributed by atoms with Crippen LogP contribution in [0.15, 0.2) is 17.5 Å². The summed E-state index contributed by atoms with van der Waals surface area (Å²) < 4.78 is 5.22. The van der Waals surface area contributed by atoms with Crippen molar-refractivity contribution in [3.63, 3.8) is 0 Å². The number of carbonyl (C=O) groups excluding carboxylic acids is 1. The number of amides is 1. The molecule has 7 heteroatoms. The van der Waals surface area contributed by atoms with Crippen molar-refractivity contribution in [1.29, 1.82) is 0 Å². The predicted molar refractivity (Wildman–Crippen MR) is 99.5 cm³/mol. The summed E-state index contributed by atoms with van der Waals surface area (Å²) in [5.41, 5.74) is 1.29. The molecular weight excluding hydrogens is 336 g/mol. The molecule has 0 unspecified atom stereocenters. The second kappa shape index (κ2) is 7.82. The van der Waals surface area contributed by atoms with Gasteiger partial charge >= 0.3 is 0 Å². The van der Waals surface area contributed by atoms with Crippen molar-refractivity contribution in [2.45, 2.75) is 26.7 Å². The van der Waals surface area contributed by atoms with Gasteiger partial charge < -0.3 is 14.5 Å². The molecule has 2 aromatic rings. The van der Waals surface area contributed by atoms with Gasteiger partial charge in [0.05, 0.1) is 7.11 Å². The Morgan fingerprint density at radius 3 is 2.64 bits per heavy atom. The quantitative estimate of drug-likeness (QED) is 0.820. The van der Waals surface area contributed by atoms with Gasteiger partial charge in [0.25, 0.3) is 0 Å². The average molecular weight is 360 g/mol. The van der Waals surface area contributed by atoms with Gasteiger partial charge in [-0.05, 0) is 37.3 Å². The van der Waals surface area contributed by atoms with Crippen LogP contribution in [-0.4, -0.2) is 54.1 Å². The van der Waals surface area contributed by atoms with Crippen LogP contribution >= 0.6 is 11.3 Å². The van der Waals surface area contributed by atoms with Crippen LogP contribution in [0.5, 0.6) is 5.88 Å². The van der Waals surface area contributed by atoms with E-state index in [1.807, 2.05) is 17.9 Å². The molecule has 1 amide bonds. The van der Waals surface area contributed by atoms with Crippen molar-refractivity contribution >= 4 is 23.1 Å². The number of carbonyl (C=O) groups is 1. The lowest BCUT2D eigenvalue weighted by atomic mass is 10.2. The molecule has 0 spiro atoms. The zero-order valence-electron chi connectivity index (χ0n) is 15.0. The smallest absolute Gasteiger partial charge is 0.223 e. The largest absolute Gasteiger partial charge is 0.481 e. The predicted octanol–water partition coefficient (Wildman–Crippen LogP) is 2.44. The fourth-order valence-corrected chi connectivity index (χ4v) is 3.93. The topological polar surface area (TPSA) is 58.6 Å². The number of rotatable bonds is 5. The molecule has 0 atom stereocenters. The maximum atomic E-state index is 12.5. The molecule has 0 bridgehead atoms. The Bertz CT molecular complexity index is 738. The van der Waals surface area contributed by atoms with Crippen molar-refractivity contribution in [3.8, 4) is 5.88 Å². The van der Waals surface area contributed by atoms with Crippen LogP contribution in [0.2, 0.25) is 0 Å². The van der Waals surface area contributed by atoms with Crippen LogP contribution in [0.4, 0.5) is 5.82 Å². The first kappa shape index (κ1) is 17.7. The Morgan fingerprint density at radius 1 is 1.24 bits per heavy atom. The van der Waals surface area contributed by atoms with E-state index in [0.29, 0.717) is 18.1 Å². The third kappa shape index (κ3) is 4.28. The summed E-state index contributed by atoms with van der Waals surface area (Å²) in [5, 5.41) is 2.09. The van der Waals surface area contributed by atoms with Gasteiger partial charge in [0.1, 0.15) is 11.6 Å². The number of anilines is 1. The lowest BCUT2D eigenvalue weighted by molar-refractivity contribution is -0.131. The molecule has 0 aromatic carbocycles. The number of methoxy groups -OCH3 is 1. The minimum atomic E-state index is 0.240. The molecule has 134 valence electrons. The van der Waals surface area contributed by atoms with Crippen LogP contribution in [0.1, 0.15) is 22.7 Å². The molecule has 0 N–H and O–H groups in total. The zero-order valence-corrected chi connectivity index (χ0v) is 15.8. The van der Waals surface area contributed by atoms with Crippen LogP contribution in [-0.2, 0) is 11.2 Å². The molecule has 3 heterocycles. The van der Waals surface area contributed by atoms with Gasteiger partial charge in [0.15, 0.2) is 0 Å². The van der Waals surface area contributed by atoms with Gasteiger partial charge in [-0.1, -0.05) is 0 Å². The van der Waals surface area contributed by atoms with Crippen molar-refractivity contribution in [3.05, 3.63) is 33.8 Å². The average Bonchev–Trinajstić information content (AvgIpc) is 3.04. The van der Waals surface area contributed by atoms with Crippen molar-refractivity contribution < 1.29 is 9.53 Å². The second-order valence-electron chi connectivity index (χ2n) is 6.21. The molecule has 1 aliphatic rings. The molecule has 2 aromatic heterocycles. The van der Waals surface area contributed by atoms with Gasteiger partial charge in [-0.15, -0.1) is 11.3 Å². The number of aromatic nitrogens is 2. The van der Waals surface area contributed by atoms with E-state index in [0.717, 1.165) is 38.4 Å². The molecule has 1 saturated heterocycles. The summed E-state index contributed by atoms with van der Waals surface area (Å²) in [7, 11) is 1.61. The van der Waals surface area contributed by atoms with E-state index in [2.05, 4.69) is 33.2 Å². The van der Waals surface area contributed by atoms with Gasteiger partial charge in [-0.2, -0.15) is 4.98 Å². The number of nitrogens with zero attached hydrogens (tertiary/aromatic N) is 4. The highest BCUT2D eigenvalue weighted by Crippen LogP contribution is 2.20. The van der Waals surface area contributed by atoms with E-state index < -0.39 is 0 Å². The van der Waals surface area contributed by atoms with Crippen molar-refractivity contribution in [2.75, 3.05) is 38.2 Å². The number of piperazine rings is 1. The zero-order chi connectivity index (χ0) is 17.8. The van der Waals surface area contributed by atoms with E-state index in [1.54, 1.807) is 18.4 Å². The summed E-state index contributed by atoms with van der Waals surface area (Å²) in [5.74, 6) is 2.38. The lowest BCUT2D eigenvalue weighted by Crippen LogP contribution is -2.49. The van der Waals surface area contributed by atoms with Crippen molar-refractivity contribution in [1.82, 2.24) is 14.9 Å². The molecule has 0 radical (unpaired) electrons. The number of hydrogen-bond donors (Lipinski definition) is 0. The molecule has 1 aliphatic heterocycles. The summed E-state index contributed by atoms with van der Waals surface area (Å²) in [6.45, 7) is 6.99. The first-order chi connectivity index (χ1) is 12.1. The fourth-order valence-electron chi connectivity index (χ4n) is 3.02. The minimum absolute atomic E-state index is 0.240. The SMILES string of the molecule is COc1cc(N2CCN(C(=O)CCc3sccc3C)CC2)nc(C)n1. The number of hydrogen-bond acceptors (Lipinski definition) is 6. The molecule has 0 aliphatic carbocycles. The van der Waals surface area contributed by atoms with Crippen LogP contribution in [0.3, 0.4) is 0 Å². The van der Waals surface area contributed by atoms with E-state index in [9.17, 15) is 4.79 Å². The highest BCUT2D eigenvalue weighted by atomic mass is 32.1. The Kier molecular flexibility index (Phi) is 5.53. The standard InChI is InChI=1S/C18H24N4O2S/c1-13-6-11-25-15(13)4-5-18(23)22-9-7-21(8-10-22)16-12-17(24-3)20-14(2)19-16/h6,11-12H,4-5,7-10H2,1-3H3. The van der Waals surface area contributed by atoms with E-state index in [-0.39, 0.29) is 5.91 Å². The van der Waals surface area contributed by atoms with Crippen LogP contribution < -0.4 is 9.64 Å². The Balaban J connectivity index is 1.54. The monoisotopic (exact) mass is 360 g/mol. The van der Waals surface area contributed by atoms with Crippen molar-refractivity contribution in [2.24, 2.45) is 0 Å². The fraction of sp³-hybridized carbons (Fsp3) is 0.500. The molecule has 1 fully saturated rings. The molecule has 3 rings (SSSR count). The highest BCUT2D eigenvalue weighted by molar-refractivity contribution is 7.10. The second-order valence-corrected chi connectivity index (χ2v) is 7.21. The molecule has 0 saturated carbocycles. The maximum Gasteiger partial charge on any atom is 0.223 e. The summed E-state index contributed by atoms with van der Waals surface area (Å²) in [6, 6.07) is 3.96. The number of ether oxygens (including phenoxy) is 1. The molecule has 25 heavy (non-hydrogen) atoms. The summed E-state index contributed by atoms with van der Waals surface area (Å²) in [4.78, 5) is 26.6. The lowest BCUT2D eigenvalue weighted by Gasteiger charge is -2.35. The third-order valence-electron chi connectivity index (χ3n) is 4.50. The van der Waals surface area contributed by atoms with E-state index in [4.69, 9.17) is 4.74 Å². The summed E-state index contributed by atoms with van der Waals surface area (Å²) in [6.07, 6.45) is 1.42. The highest BCUT2D eigenvalue weighted by Gasteiger charge is 2.22. The Hall–Kier alpha value is -2.15. The van der Waals surface area contributed by atoms with E-state index in [1.165, 1.54) is 10.4 Å².